The van der Waals surface area contributed by atoms with Gasteiger partial charge in [0.05, 0.1) is 6.10 Å². The third-order valence-corrected chi connectivity index (χ3v) is 14.7. The first-order valence-corrected chi connectivity index (χ1v) is 22.9. The molecule has 0 aliphatic heterocycles. The van der Waals surface area contributed by atoms with Gasteiger partial charge < -0.3 is 46.7 Å². The Morgan fingerprint density at radius 3 is 2.44 bits per heavy atom. The van der Waals surface area contributed by atoms with E-state index in [2.05, 4.69) is 33.1 Å². The molecule has 5 amide bonds. The summed E-state index contributed by atoms with van der Waals surface area (Å²) < 4.78 is 28.6. The molecule has 0 radical (unpaired) electrons. The highest BCUT2D eigenvalue weighted by molar-refractivity contribution is 6.01. The number of halogens is 1. The highest BCUT2D eigenvalue weighted by Crippen LogP contribution is 2.70. The number of ether oxygens (including phenoxy) is 2. The average molecular weight is 898 g/mol. The lowest BCUT2D eigenvalue weighted by atomic mass is 9.44. The van der Waals surface area contributed by atoms with Crippen LogP contribution in [-0.2, 0) is 38.2 Å². The number of rotatable bonds is 19. The Labute approximate surface area is 375 Å². The molecule has 1 unspecified atom stereocenters. The Kier molecular flexibility index (Phi) is 16.6. The van der Waals surface area contributed by atoms with Crippen molar-refractivity contribution in [3.05, 3.63) is 23.8 Å². The van der Waals surface area contributed by atoms with Gasteiger partial charge in [-0.15, -0.1) is 5.92 Å². The van der Waals surface area contributed by atoms with E-state index in [0.29, 0.717) is 31.3 Å². The number of Topliss-reactive ketones (excluding diaryl/α,β-unsaturated/α-hetero) is 1. The van der Waals surface area contributed by atoms with E-state index in [1.165, 1.54) is 12.2 Å². The van der Waals surface area contributed by atoms with Gasteiger partial charge in [0.1, 0.15) is 30.4 Å². The van der Waals surface area contributed by atoms with Crippen molar-refractivity contribution in [3.8, 4) is 11.8 Å². The van der Waals surface area contributed by atoms with Crippen molar-refractivity contribution in [2.75, 3.05) is 26.3 Å². The number of esters is 1. The number of hydrogen-bond donors (Lipinski definition) is 7. The first-order chi connectivity index (χ1) is 30.2. The van der Waals surface area contributed by atoms with E-state index in [1.807, 2.05) is 0 Å². The van der Waals surface area contributed by atoms with Crippen molar-refractivity contribution in [2.24, 2.45) is 40.2 Å². The van der Waals surface area contributed by atoms with Crippen LogP contribution in [0.2, 0.25) is 0 Å². The molecule has 0 saturated heterocycles. The van der Waals surface area contributed by atoms with Crippen molar-refractivity contribution in [1.82, 2.24) is 21.3 Å². The first kappa shape index (κ1) is 50.3. The molecule has 0 aromatic rings. The van der Waals surface area contributed by atoms with Gasteiger partial charge >= 0.3 is 12.0 Å². The number of aliphatic hydroxyl groups excluding tert-OH is 1. The van der Waals surface area contributed by atoms with Crippen LogP contribution in [0.1, 0.15) is 118 Å². The molecular formula is C47H68FN5O11. The van der Waals surface area contributed by atoms with Gasteiger partial charge in [0.25, 0.3) is 0 Å². The van der Waals surface area contributed by atoms with E-state index in [4.69, 9.17) is 15.2 Å². The maximum atomic E-state index is 17.5. The number of aliphatic hydroxyl groups is 2. The van der Waals surface area contributed by atoms with Crippen molar-refractivity contribution >= 4 is 41.3 Å². The predicted octanol–water partition coefficient (Wildman–Crippen LogP) is 2.77. The zero-order valence-corrected chi connectivity index (χ0v) is 37.9. The minimum atomic E-state index is -2.13. The molecule has 8 N–H and O–H groups in total. The lowest BCUT2D eigenvalue weighted by molar-refractivity contribution is -0.220. The number of primary amides is 1. The molecule has 64 heavy (non-hydrogen) atoms. The number of amides is 5. The summed E-state index contributed by atoms with van der Waals surface area (Å²) in [6.07, 6.45) is 8.05. The fraction of sp³-hybridized carbons (Fsp3) is 0.723. The molecule has 17 heteroatoms. The second-order valence-electron chi connectivity index (χ2n) is 19.2. The van der Waals surface area contributed by atoms with Crippen LogP contribution in [0, 0.1) is 46.3 Å². The van der Waals surface area contributed by atoms with Crippen LogP contribution >= 0.6 is 0 Å². The third kappa shape index (κ3) is 10.6. The zero-order chi connectivity index (χ0) is 47.0. The standard InChI is InChI=1S/C47H68FN5O11/c1-28(2)40(53-38(57)27-63-32-13-9-7-6-8-10-14-32)42(60)52-35(15-11-22-51-43(49)61)41(59)50-21-12-16-39(58)64-26-37(56)47(62)29(3)23-34-33-18-17-30-24-31(54)19-20-44(30,4)46(33,48)36(55)25-45(34,47)5/h19-20,24,28-29,32-36,40,55,62H,6-9,11-13,15-18,21-23,25-27H2,1-5H3,(H,50,59)(H,52,60)(H,53,57)(H3,49,51,61)/t29-,32?,33+,34+,35+,36+,40+,44+,45+,46+,47+/m1/s1. The number of allylic oxidation sites excluding steroid dienone is 4. The first-order valence-electron chi connectivity index (χ1n) is 22.9. The number of nitrogens with two attached hydrogens (primary N) is 1. The minimum Gasteiger partial charge on any atom is -0.458 e. The number of nitrogens with one attached hydrogen (secondary N) is 4. The van der Waals surface area contributed by atoms with E-state index in [1.54, 1.807) is 40.7 Å². The summed E-state index contributed by atoms with van der Waals surface area (Å²) in [5, 5.41) is 34.4. The number of carbonyl (C=O) groups excluding carboxylic acids is 7. The smallest absolute Gasteiger partial charge is 0.312 e. The molecule has 5 rings (SSSR count). The maximum absolute atomic E-state index is 17.5. The fourth-order valence-corrected chi connectivity index (χ4v) is 11.1. The van der Waals surface area contributed by atoms with Gasteiger partial charge in [-0.3, -0.25) is 28.8 Å². The van der Waals surface area contributed by atoms with Crippen LogP contribution in [0.25, 0.3) is 0 Å². The van der Waals surface area contributed by atoms with Crippen molar-refractivity contribution < 1.29 is 57.6 Å². The molecular weight excluding hydrogens is 830 g/mol. The topological polar surface area (TPSA) is 253 Å². The Morgan fingerprint density at radius 2 is 1.72 bits per heavy atom. The normalized spacial score (nSPS) is 32.7. The highest BCUT2D eigenvalue weighted by atomic mass is 19.1. The van der Waals surface area contributed by atoms with Gasteiger partial charge in [-0.25, -0.2) is 9.18 Å². The predicted molar refractivity (Wildman–Crippen MR) is 232 cm³/mol. The van der Waals surface area contributed by atoms with Crippen LogP contribution in [0.4, 0.5) is 9.18 Å². The summed E-state index contributed by atoms with van der Waals surface area (Å²) in [5.74, 6) is 0.509. The summed E-state index contributed by atoms with van der Waals surface area (Å²) in [4.78, 5) is 89.9. The number of alkyl halides is 1. The number of ketones is 2. The Hall–Kier alpha value is -4.66. The molecule has 0 aromatic heterocycles. The van der Waals surface area contributed by atoms with Crippen LogP contribution in [0.15, 0.2) is 23.8 Å². The summed E-state index contributed by atoms with van der Waals surface area (Å²) in [6.45, 7) is 7.69. The van der Waals surface area contributed by atoms with Crippen molar-refractivity contribution in [1.29, 1.82) is 0 Å². The molecule has 3 saturated carbocycles. The van der Waals surface area contributed by atoms with Crippen LogP contribution in [0.5, 0.6) is 0 Å². The maximum Gasteiger partial charge on any atom is 0.312 e. The van der Waals surface area contributed by atoms with Gasteiger partial charge in [0.2, 0.25) is 23.5 Å². The highest BCUT2D eigenvalue weighted by Gasteiger charge is 2.75. The van der Waals surface area contributed by atoms with Crippen molar-refractivity contribution in [2.45, 2.75) is 154 Å². The van der Waals surface area contributed by atoms with Crippen LogP contribution in [0.3, 0.4) is 0 Å². The molecule has 5 aliphatic carbocycles. The molecule has 11 atom stereocenters. The summed E-state index contributed by atoms with van der Waals surface area (Å²) in [7, 11) is 0. The molecule has 0 aromatic carbocycles. The van der Waals surface area contributed by atoms with Gasteiger partial charge in [0, 0.05) is 42.7 Å². The van der Waals surface area contributed by atoms with E-state index < -0.39 is 100 Å². The SMILES string of the molecule is CC(C)[C@H](NC(=O)COC1C#CCCCCC1)C(=O)N[C@@H](CCCNC(N)=O)C(=O)NCCCC(=O)OCC(=O)[C@@]1(O)[C@H](C)C[C@H]2[C@@H]3CCC4=CC(=O)C=C[C@]4(C)[C@@]3(F)[C@@H](O)C[C@@]21C. The number of urea groups is 1. The molecule has 5 aliphatic rings. The molecule has 3 fully saturated rings. The van der Waals surface area contributed by atoms with E-state index in [0.717, 1.165) is 25.7 Å². The molecule has 0 heterocycles. The van der Waals surface area contributed by atoms with E-state index in [-0.39, 0.29) is 69.6 Å². The van der Waals surface area contributed by atoms with E-state index in [9.17, 15) is 43.8 Å². The Morgan fingerprint density at radius 1 is 0.984 bits per heavy atom. The average Bonchev–Trinajstić information content (AvgIpc) is 3.42. The quantitative estimate of drug-likeness (QED) is 0.0564. The lowest BCUT2D eigenvalue weighted by Gasteiger charge is -2.62. The molecule has 0 bridgehead atoms. The van der Waals surface area contributed by atoms with Crippen molar-refractivity contribution in [3.63, 3.8) is 0 Å². The third-order valence-electron chi connectivity index (χ3n) is 14.7. The van der Waals surface area contributed by atoms with Gasteiger partial charge in [-0.2, -0.15) is 0 Å². The zero-order valence-electron chi connectivity index (χ0n) is 37.9. The number of carbonyl (C=O) groups is 7. The van der Waals surface area contributed by atoms with Gasteiger partial charge in [0.15, 0.2) is 18.1 Å². The van der Waals surface area contributed by atoms with Gasteiger partial charge in [-0.05, 0) is 101 Å². The van der Waals surface area contributed by atoms with Gasteiger partial charge in [-0.1, -0.05) is 51.7 Å². The monoisotopic (exact) mass is 897 g/mol. The number of hydrogen-bond acceptors (Lipinski definition) is 11. The summed E-state index contributed by atoms with van der Waals surface area (Å²) in [6, 6.07) is -2.83. The van der Waals surface area contributed by atoms with Crippen LogP contribution < -0.4 is 27.0 Å². The second-order valence-corrected chi connectivity index (χ2v) is 19.2. The summed E-state index contributed by atoms with van der Waals surface area (Å²) in [5.41, 5.74) is -0.804. The Bertz CT molecular complexity index is 1930. The largest absolute Gasteiger partial charge is 0.458 e. The molecule has 16 nitrogen and oxygen atoms in total. The number of fused-ring (bicyclic) bond motifs is 5. The molecule has 354 valence electrons. The second kappa shape index (κ2) is 21.1. The molecule has 0 spiro atoms. The minimum absolute atomic E-state index is 0.0102. The fourth-order valence-electron chi connectivity index (χ4n) is 11.1. The Balaban J connectivity index is 1.12. The summed E-state index contributed by atoms with van der Waals surface area (Å²) >= 11 is 0. The lowest BCUT2D eigenvalue weighted by Crippen LogP contribution is -2.69. The van der Waals surface area contributed by atoms with E-state index >= 15 is 4.39 Å². The van der Waals surface area contributed by atoms with Crippen LogP contribution in [-0.4, -0.2) is 113 Å².